The van der Waals surface area contributed by atoms with Crippen molar-refractivity contribution in [2.75, 3.05) is 0 Å². The van der Waals surface area contributed by atoms with Crippen molar-refractivity contribution in [1.29, 1.82) is 0 Å². The third-order valence-corrected chi connectivity index (χ3v) is 9.08. The highest BCUT2D eigenvalue weighted by atomic mass is 15.0. The highest BCUT2D eigenvalue weighted by molar-refractivity contribution is 5.42. The Labute approximate surface area is 118 Å². The molecule has 0 amide bonds. The average Bonchev–Trinajstić information content (AvgIpc) is 3.10. The fraction of sp³-hybridized carbons (Fsp3) is 0.895. The lowest BCUT2D eigenvalue weighted by atomic mass is 9.48. The molecule has 0 heteroatoms. The summed E-state index contributed by atoms with van der Waals surface area (Å²) in [5, 5.41) is 0. The molecule has 0 aromatic heterocycles. The fourth-order valence-corrected chi connectivity index (χ4v) is 8.24. The fourth-order valence-electron chi connectivity index (χ4n) is 8.24. The van der Waals surface area contributed by atoms with Gasteiger partial charge in [0.15, 0.2) is 0 Å². The highest BCUT2D eigenvalue weighted by Crippen LogP contribution is 3.00. The summed E-state index contributed by atoms with van der Waals surface area (Å²) in [7, 11) is 0. The zero-order valence-electron chi connectivity index (χ0n) is 12.8. The molecular weight excluding hydrogens is 228 g/mol. The molecule has 0 radical (unpaired) electrons. The van der Waals surface area contributed by atoms with Crippen LogP contribution in [0.1, 0.15) is 59.3 Å². The molecule has 5 aliphatic carbocycles. The maximum Gasteiger partial charge on any atom is -0.0170 e. The van der Waals surface area contributed by atoms with E-state index in [4.69, 9.17) is 0 Å². The summed E-state index contributed by atoms with van der Waals surface area (Å²) in [6, 6.07) is 0. The van der Waals surface area contributed by atoms with Crippen molar-refractivity contribution in [2.24, 2.45) is 45.8 Å². The standard InChI is InChI=1S/C19H28/c1-11(2)12-7-8-17(3)9-10-19-13(15(12)17)5-6-14-16(19)18(14,19)4/h12-16H,1,5-10H2,2-4H3/t12-,13+,14?,15+,16?,17+,18?,19+/m0/s1. The highest BCUT2D eigenvalue weighted by Gasteiger charge is 2.95. The van der Waals surface area contributed by atoms with Gasteiger partial charge < -0.3 is 0 Å². The second kappa shape index (κ2) is 2.85. The summed E-state index contributed by atoms with van der Waals surface area (Å²) in [5.74, 6) is 5.22. The van der Waals surface area contributed by atoms with Gasteiger partial charge in [-0.15, -0.1) is 0 Å². The molecule has 19 heavy (non-hydrogen) atoms. The largest absolute Gasteiger partial charge is 0.0998 e. The number of hydrogen-bond donors (Lipinski definition) is 0. The van der Waals surface area contributed by atoms with Crippen molar-refractivity contribution in [3.63, 3.8) is 0 Å². The Morgan fingerprint density at radius 3 is 2.37 bits per heavy atom. The first-order valence-corrected chi connectivity index (χ1v) is 8.62. The second-order valence-electron chi connectivity index (χ2n) is 9.26. The molecule has 8 atom stereocenters. The van der Waals surface area contributed by atoms with E-state index in [0.717, 1.165) is 40.4 Å². The summed E-state index contributed by atoms with van der Waals surface area (Å²) in [4.78, 5) is 0. The van der Waals surface area contributed by atoms with Gasteiger partial charge in [-0.25, -0.2) is 0 Å². The van der Waals surface area contributed by atoms with Gasteiger partial charge in [-0.05, 0) is 91.3 Å². The van der Waals surface area contributed by atoms with Crippen LogP contribution in [0.25, 0.3) is 0 Å². The van der Waals surface area contributed by atoms with Crippen LogP contribution < -0.4 is 0 Å². The minimum absolute atomic E-state index is 0.664. The topological polar surface area (TPSA) is 0 Å². The Morgan fingerprint density at radius 1 is 1.00 bits per heavy atom. The molecule has 0 aliphatic heterocycles. The van der Waals surface area contributed by atoms with E-state index in [1.165, 1.54) is 24.8 Å². The molecule has 0 bridgehead atoms. The zero-order valence-corrected chi connectivity index (χ0v) is 12.8. The number of allylic oxidation sites excluding steroid dienone is 1. The third-order valence-electron chi connectivity index (χ3n) is 9.08. The number of fused-ring (bicyclic) bond motifs is 3. The van der Waals surface area contributed by atoms with Gasteiger partial charge in [-0.3, -0.25) is 0 Å². The van der Waals surface area contributed by atoms with E-state index >= 15 is 0 Å². The summed E-state index contributed by atoms with van der Waals surface area (Å²) in [6.07, 6.45) is 9.13. The predicted octanol–water partition coefficient (Wildman–Crippen LogP) is 5.05. The van der Waals surface area contributed by atoms with Crippen LogP contribution in [-0.4, -0.2) is 0 Å². The van der Waals surface area contributed by atoms with Gasteiger partial charge in [0.05, 0.1) is 0 Å². The average molecular weight is 256 g/mol. The van der Waals surface area contributed by atoms with Gasteiger partial charge in [-0.2, -0.15) is 0 Å². The smallest absolute Gasteiger partial charge is 0.0170 e. The molecule has 104 valence electrons. The minimum atomic E-state index is 0.664. The molecule has 3 unspecified atom stereocenters. The van der Waals surface area contributed by atoms with Gasteiger partial charge in [0.25, 0.3) is 0 Å². The maximum atomic E-state index is 4.36. The van der Waals surface area contributed by atoms with Crippen molar-refractivity contribution in [1.82, 2.24) is 0 Å². The molecule has 0 heterocycles. The maximum absolute atomic E-state index is 4.36. The summed E-state index contributed by atoms with van der Waals surface area (Å²) in [5.41, 5.74) is 3.81. The summed E-state index contributed by atoms with van der Waals surface area (Å²) < 4.78 is 0. The van der Waals surface area contributed by atoms with Gasteiger partial charge >= 0.3 is 0 Å². The van der Waals surface area contributed by atoms with Gasteiger partial charge in [0, 0.05) is 0 Å². The van der Waals surface area contributed by atoms with Crippen LogP contribution in [0.2, 0.25) is 0 Å². The van der Waals surface area contributed by atoms with Crippen molar-refractivity contribution in [2.45, 2.75) is 59.3 Å². The van der Waals surface area contributed by atoms with E-state index < -0.39 is 0 Å². The van der Waals surface area contributed by atoms with Crippen LogP contribution in [0.15, 0.2) is 12.2 Å². The van der Waals surface area contributed by atoms with Crippen molar-refractivity contribution in [3.8, 4) is 0 Å². The van der Waals surface area contributed by atoms with E-state index in [0.29, 0.717) is 5.41 Å². The Hall–Kier alpha value is -0.260. The zero-order chi connectivity index (χ0) is 13.2. The Kier molecular flexibility index (Phi) is 1.71. The van der Waals surface area contributed by atoms with Crippen LogP contribution in [0.3, 0.4) is 0 Å². The lowest BCUT2D eigenvalue weighted by Gasteiger charge is -2.56. The molecule has 0 aromatic carbocycles. The molecule has 5 aliphatic rings. The van der Waals surface area contributed by atoms with E-state index in [9.17, 15) is 0 Å². The van der Waals surface area contributed by atoms with Crippen LogP contribution >= 0.6 is 0 Å². The molecule has 0 N–H and O–H groups in total. The van der Waals surface area contributed by atoms with Crippen molar-refractivity contribution in [3.05, 3.63) is 12.2 Å². The van der Waals surface area contributed by atoms with E-state index in [-0.39, 0.29) is 0 Å². The number of rotatable bonds is 1. The molecule has 0 saturated heterocycles. The molecule has 0 nitrogen and oxygen atoms in total. The Balaban J connectivity index is 1.58. The minimum Gasteiger partial charge on any atom is -0.0998 e. The summed E-state index contributed by atoms with van der Waals surface area (Å²) >= 11 is 0. The van der Waals surface area contributed by atoms with Crippen LogP contribution in [0.4, 0.5) is 0 Å². The Bertz CT molecular complexity index is 490. The first kappa shape index (κ1) is 11.4. The van der Waals surface area contributed by atoms with Gasteiger partial charge in [0.1, 0.15) is 0 Å². The normalized spacial score (nSPS) is 67.8. The third kappa shape index (κ3) is 0.930. The quantitative estimate of drug-likeness (QED) is 0.576. The molecule has 5 rings (SSSR count). The van der Waals surface area contributed by atoms with E-state index in [2.05, 4.69) is 27.4 Å². The first-order chi connectivity index (χ1) is 8.97. The number of hydrogen-bond acceptors (Lipinski definition) is 0. The SMILES string of the molecule is C=C(C)[C@@H]1CC[C@]2(C)CC[C@]34C5C(CC[C@@H]3[C@@H]12)C54C. The van der Waals surface area contributed by atoms with Gasteiger partial charge in [0.2, 0.25) is 0 Å². The molecule has 5 saturated carbocycles. The Morgan fingerprint density at radius 2 is 1.68 bits per heavy atom. The lowest BCUT2D eigenvalue weighted by molar-refractivity contribution is -0.0717. The molecule has 5 fully saturated rings. The van der Waals surface area contributed by atoms with Crippen LogP contribution in [-0.2, 0) is 0 Å². The van der Waals surface area contributed by atoms with E-state index in [1.807, 2.05) is 0 Å². The summed E-state index contributed by atoms with van der Waals surface area (Å²) in [6.45, 7) is 11.9. The van der Waals surface area contributed by atoms with Crippen LogP contribution in [0.5, 0.6) is 0 Å². The van der Waals surface area contributed by atoms with Gasteiger partial charge in [-0.1, -0.05) is 26.0 Å². The first-order valence-electron chi connectivity index (χ1n) is 8.62. The molecule has 1 spiro atoms. The van der Waals surface area contributed by atoms with E-state index in [1.54, 1.807) is 19.3 Å². The van der Waals surface area contributed by atoms with Crippen LogP contribution in [0, 0.1) is 45.8 Å². The molecular formula is C19H28. The lowest BCUT2D eigenvalue weighted by Crippen LogP contribution is -2.49. The van der Waals surface area contributed by atoms with Crippen molar-refractivity contribution >= 4 is 0 Å². The monoisotopic (exact) mass is 256 g/mol. The van der Waals surface area contributed by atoms with Crippen molar-refractivity contribution < 1.29 is 0 Å². The molecule has 0 aromatic rings. The second-order valence-corrected chi connectivity index (χ2v) is 9.26. The predicted molar refractivity (Wildman–Crippen MR) is 78.6 cm³/mol.